The van der Waals surface area contributed by atoms with E-state index in [2.05, 4.69) is 0 Å². The van der Waals surface area contributed by atoms with Crippen LogP contribution in [0.2, 0.25) is 0 Å². The Labute approximate surface area is 199 Å². The van der Waals surface area contributed by atoms with Crippen LogP contribution in [0.5, 0.6) is 0 Å². The summed E-state index contributed by atoms with van der Waals surface area (Å²) in [4.78, 5) is 44.0. The molecule has 2 aliphatic heterocycles. The number of hydrogen-bond acceptors (Lipinski definition) is 4. The van der Waals surface area contributed by atoms with Crippen LogP contribution >= 0.6 is 12.2 Å². The summed E-state index contributed by atoms with van der Waals surface area (Å²) >= 11 is 5.36. The average molecular weight is 467 g/mol. The predicted octanol–water partition coefficient (Wildman–Crippen LogP) is 3.42. The Bertz CT molecular complexity index is 1100. The van der Waals surface area contributed by atoms with Crippen LogP contribution in [0.1, 0.15) is 45.1 Å². The van der Waals surface area contributed by atoms with E-state index in [4.69, 9.17) is 12.2 Å². The van der Waals surface area contributed by atoms with Gasteiger partial charge in [-0.25, -0.2) is 0 Å². The molecule has 0 bridgehead atoms. The maximum atomic E-state index is 13.1. The van der Waals surface area contributed by atoms with Crippen molar-refractivity contribution in [1.29, 1.82) is 0 Å². The number of amides is 3. The lowest BCUT2D eigenvalue weighted by molar-refractivity contribution is -0.134. The van der Waals surface area contributed by atoms with Crippen molar-refractivity contribution in [2.45, 2.75) is 46.1 Å². The van der Waals surface area contributed by atoms with E-state index >= 15 is 0 Å². The van der Waals surface area contributed by atoms with Crippen molar-refractivity contribution in [1.82, 2.24) is 19.3 Å². The SMILES string of the molecule is CCN1C(=O)C(=Cc2cn(CC(=O)N3CCCCCC3)c3ccccc23)C(=O)N(CC)C1=S. The van der Waals surface area contributed by atoms with E-state index in [1.165, 1.54) is 22.6 Å². The summed E-state index contributed by atoms with van der Waals surface area (Å²) in [6.45, 7) is 6.31. The van der Waals surface area contributed by atoms with Crippen molar-refractivity contribution >= 4 is 52.0 Å². The number of para-hydroxylation sites is 1. The summed E-state index contributed by atoms with van der Waals surface area (Å²) in [7, 11) is 0. The van der Waals surface area contributed by atoms with Gasteiger partial charge in [-0.1, -0.05) is 31.0 Å². The van der Waals surface area contributed by atoms with Gasteiger partial charge in [0.2, 0.25) is 5.91 Å². The van der Waals surface area contributed by atoms with Crippen LogP contribution in [0.15, 0.2) is 36.0 Å². The molecule has 1 aromatic heterocycles. The Hall–Kier alpha value is -3.00. The zero-order chi connectivity index (χ0) is 23.5. The largest absolute Gasteiger partial charge is 0.341 e. The first-order valence-corrected chi connectivity index (χ1v) is 12.1. The first-order valence-electron chi connectivity index (χ1n) is 11.7. The van der Waals surface area contributed by atoms with Gasteiger partial charge in [0.25, 0.3) is 11.8 Å². The molecule has 174 valence electrons. The molecule has 2 saturated heterocycles. The molecule has 2 aromatic rings. The van der Waals surface area contributed by atoms with Gasteiger partial charge >= 0.3 is 0 Å². The van der Waals surface area contributed by atoms with E-state index < -0.39 is 0 Å². The molecule has 8 heteroatoms. The smallest absolute Gasteiger partial charge is 0.265 e. The Morgan fingerprint density at radius 2 is 1.58 bits per heavy atom. The standard InChI is InChI=1S/C25H30N4O3S/c1-3-28-23(31)20(24(32)29(4-2)25(28)33)15-18-16-27(21-12-8-7-11-19(18)21)17-22(30)26-13-9-5-6-10-14-26/h7-8,11-12,15-16H,3-6,9-10,13-14,17H2,1-2H3. The van der Waals surface area contributed by atoms with Crippen molar-refractivity contribution in [3.8, 4) is 0 Å². The first kappa shape index (κ1) is 23.2. The molecule has 3 amide bonds. The second-order valence-corrected chi connectivity index (χ2v) is 8.83. The van der Waals surface area contributed by atoms with Crippen molar-refractivity contribution in [3.63, 3.8) is 0 Å². The molecular weight excluding hydrogens is 436 g/mol. The third kappa shape index (κ3) is 4.44. The zero-order valence-electron chi connectivity index (χ0n) is 19.2. The molecule has 1 aromatic carbocycles. The third-order valence-electron chi connectivity index (χ3n) is 6.43. The van der Waals surface area contributed by atoms with E-state index in [1.807, 2.05) is 53.8 Å². The highest BCUT2D eigenvalue weighted by Crippen LogP contribution is 2.27. The van der Waals surface area contributed by atoms with Crippen LogP contribution in [0.4, 0.5) is 0 Å². The minimum absolute atomic E-state index is 0.0917. The molecule has 7 nitrogen and oxygen atoms in total. The van der Waals surface area contributed by atoms with Gasteiger partial charge in [-0.3, -0.25) is 24.2 Å². The fraction of sp³-hybridized carbons (Fsp3) is 0.440. The lowest BCUT2D eigenvalue weighted by Crippen LogP contribution is -2.55. The maximum Gasteiger partial charge on any atom is 0.265 e. The van der Waals surface area contributed by atoms with Crippen LogP contribution in [0, 0.1) is 0 Å². The number of likely N-dealkylation sites (tertiary alicyclic amines) is 1. The van der Waals surface area contributed by atoms with Crippen molar-refractivity contribution in [2.24, 2.45) is 0 Å². The normalized spacial score (nSPS) is 17.7. The Morgan fingerprint density at radius 1 is 0.970 bits per heavy atom. The second-order valence-electron chi connectivity index (χ2n) is 8.46. The molecule has 0 radical (unpaired) electrons. The first-order chi connectivity index (χ1) is 16.0. The van der Waals surface area contributed by atoms with E-state index in [9.17, 15) is 14.4 Å². The molecule has 0 atom stereocenters. The lowest BCUT2D eigenvalue weighted by atomic mass is 10.1. The number of carbonyl (C=O) groups excluding carboxylic acids is 3. The minimum Gasteiger partial charge on any atom is -0.341 e. The molecular formula is C25H30N4O3S. The summed E-state index contributed by atoms with van der Waals surface area (Å²) in [5.74, 6) is -0.661. The Morgan fingerprint density at radius 3 is 2.18 bits per heavy atom. The molecule has 0 unspecified atom stereocenters. The van der Waals surface area contributed by atoms with Crippen molar-refractivity contribution < 1.29 is 14.4 Å². The number of nitrogens with zero attached hydrogens (tertiary/aromatic N) is 4. The minimum atomic E-state index is -0.380. The molecule has 0 N–H and O–H groups in total. The Balaban J connectivity index is 1.70. The van der Waals surface area contributed by atoms with Crippen LogP contribution in [0.25, 0.3) is 17.0 Å². The highest BCUT2D eigenvalue weighted by molar-refractivity contribution is 7.80. The number of hydrogen-bond donors (Lipinski definition) is 0. The van der Waals surface area contributed by atoms with Gasteiger partial charge in [0.05, 0.1) is 0 Å². The number of thiocarbonyl (C=S) groups is 1. The fourth-order valence-electron chi connectivity index (χ4n) is 4.63. The van der Waals surface area contributed by atoms with E-state index in [1.54, 1.807) is 6.08 Å². The summed E-state index contributed by atoms with van der Waals surface area (Å²) in [6.07, 6.45) is 7.94. The van der Waals surface area contributed by atoms with E-state index in [0.29, 0.717) is 13.1 Å². The molecule has 33 heavy (non-hydrogen) atoms. The lowest BCUT2D eigenvalue weighted by Gasteiger charge is -2.35. The van der Waals surface area contributed by atoms with Gasteiger partial charge in [0.15, 0.2) is 5.11 Å². The molecule has 0 spiro atoms. The molecule has 0 aliphatic carbocycles. The summed E-state index contributed by atoms with van der Waals surface area (Å²) in [6, 6.07) is 7.76. The van der Waals surface area contributed by atoms with Crippen molar-refractivity contribution in [3.05, 3.63) is 41.6 Å². The van der Waals surface area contributed by atoms with Crippen LogP contribution in [0.3, 0.4) is 0 Å². The number of benzene rings is 1. The number of carbonyl (C=O) groups is 3. The van der Waals surface area contributed by atoms with Crippen LogP contribution in [-0.4, -0.2) is 68.3 Å². The summed E-state index contributed by atoms with van der Waals surface area (Å²) in [5.41, 5.74) is 1.73. The quantitative estimate of drug-likeness (QED) is 0.385. The van der Waals surface area contributed by atoms with E-state index in [0.717, 1.165) is 42.4 Å². The highest BCUT2D eigenvalue weighted by Gasteiger charge is 2.38. The molecule has 2 fully saturated rings. The van der Waals surface area contributed by atoms with Gasteiger partial charge in [-0.2, -0.15) is 0 Å². The van der Waals surface area contributed by atoms with Gasteiger partial charge in [-0.05, 0) is 51.0 Å². The number of rotatable bonds is 5. The monoisotopic (exact) mass is 466 g/mol. The van der Waals surface area contributed by atoms with E-state index in [-0.39, 0.29) is 35.0 Å². The van der Waals surface area contributed by atoms with Crippen LogP contribution in [-0.2, 0) is 20.9 Å². The average Bonchev–Trinajstić information content (AvgIpc) is 2.97. The predicted molar refractivity (Wildman–Crippen MR) is 132 cm³/mol. The second kappa shape index (κ2) is 9.87. The van der Waals surface area contributed by atoms with Gasteiger partial charge in [0.1, 0.15) is 12.1 Å². The van der Waals surface area contributed by atoms with Gasteiger partial charge in [-0.15, -0.1) is 0 Å². The highest BCUT2D eigenvalue weighted by atomic mass is 32.1. The maximum absolute atomic E-state index is 13.1. The third-order valence-corrected chi connectivity index (χ3v) is 6.87. The summed E-state index contributed by atoms with van der Waals surface area (Å²) < 4.78 is 1.92. The number of likely N-dealkylation sites (N-methyl/N-ethyl adjacent to an activating group) is 2. The van der Waals surface area contributed by atoms with Crippen molar-refractivity contribution in [2.75, 3.05) is 26.2 Å². The molecule has 2 aliphatic rings. The topological polar surface area (TPSA) is 65.9 Å². The summed E-state index contributed by atoms with van der Waals surface area (Å²) in [5, 5.41) is 1.14. The molecule has 0 saturated carbocycles. The van der Waals surface area contributed by atoms with Gasteiger partial charge < -0.3 is 9.47 Å². The number of fused-ring (bicyclic) bond motifs is 1. The zero-order valence-corrected chi connectivity index (χ0v) is 20.1. The fourth-order valence-corrected chi connectivity index (χ4v) is 5.05. The molecule has 4 rings (SSSR count). The van der Waals surface area contributed by atoms with Crippen LogP contribution < -0.4 is 0 Å². The number of aromatic nitrogens is 1. The van der Waals surface area contributed by atoms with Gasteiger partial charge in [0, 0.05) is 48.8 Å². The molecule has 3 heterocycles. The Kier molecular flexibility index (Phi) is 6.93.